The van der Waals surface area contributed by atoms with E-state index in [1.54, 1.807) is 0 Å². The van der Waals surface area contributed by atoms with Crippen molar-refractivity contribution < 1.29 is 19.6 Å². The predicted octanol–water partition coefficient (Wildman–Crippen LogP) is 4.58. The van der Waals surface area contributed by atoms with E-state index in [0.29, 0.717) is 23.4 Å². The van der Waals surface area contributed by atoms with Crippen molar-refractivity contribution in [2.45, 2.75) is 33.1 Å². The van der Waals surface area contributed by atoms with E-state index in [2.05, 4.69) is 5.10 Å². The first-order valence-electron chi connectivity index (χ1n) is 9.96. The summed E-state index contributed by atoms with van der Waals surface area (Å²) in [6.07, 6.45) is 2.80. The van der Waals surface area contributed by atoms with Gasteiger partial charge in [0.25, 0.3) is 11.6 Å². The quantitative estimate of drug-likeness (QED) is 0.381. The molecule has 0 radical (unpaired) electrons. The maximum absolute atomic E-state index is 13.1. The summed E-state index contributed by atoms with van der Waals surface area (Å²) in [7, 11) is 0. The first kappa shape index (κ1) is 21.9. The van der Waals surface area contributed by atoms with Gasteiger partial charge < -0.3 is 5.11 Å². The zero-order valence-electron chi connectivity index (χ0n) is 17.3. The smallest absolute Gasteiger partial charge is 0.331 e. The van der Waals surface area contributed by atoms with Crippen LogP contribution in [0.5, 0.6) is 0 Å². The molecule has 2 aromatic carbocycles. The van der Waals surface area contributed by atoms with Crippen LogP contribution < -0.4 is 5.01 Å². The molecule has 160 valence electrons. The number of hydrogen-bond donors (Lipinski definition) is 1. The van der Waals surface area contributed by atoms with Crippen LogP contribution in [-0.2, 0) is 9.59 Å². The molecule has 1 aliphatic heterocycles. The van der Waals surface area contributed by atoms with Gasteiger partial charge in [-0.05, 0) is 55.7 Å². The number of rotatable bonds is 8. The average Bonchev–Trinajstić information content (AvgIpc) is 3.04. The number of nitro groups is 1. The number of carboxylic acids is 1. The number of non-ortho nitro benzene ring substituents is 1. The number of carbonyl (C=O) groups is 2. The van der Waals surface area contributed by atoms with Crippen LogP contribution >= 0.6 is 0 Å². The molecule has 1 atom stereocenters. The minimum absolute atomic E-state index is 0.00759. The molecule has 0 saturated carbocycles. The second kappa shape index (κ2) is 9.34. The van der Waals surface area contributed by atoms with E-state index in [1.807, 2.05) is 38.1 Å². The highest BCUT2D eigenvalue weighted by Crippen LogP contribution is 2.30. The fourth-order valence-electron chi connectivity index (χ4n) is 3.42. The molecule has 1 amide bonds. The largest absolute Gasteiger partial charge is 0.478 e. The van der Waals surface area contributed by atoms with Crippen LogP contribution in [0.25, 0.3) is 6.08 Å². The Kier molecular flexibility index (Phi) is 6.59. The molecular weight excluding hydrogens is 398 g/mol. The topological polar surface area (TPSA) is 113 Å². The fourth-order valence-corrected chi connectivity index (χ4v) is 3.42. The molecule has 1 unspecified atom stereocenters. The van der Waals surface area contributed by atoms with E-state index in [4.69, 9.17) is 0 Å². The van der Waals surface area contributed by atoms with Gasteiger partial charge in [0, 0.05) is 17.7 Å². The standard InChI is InChI=1S/C23H23N3O5/c1-3-4-21-20(22(27)25(24-21)18-9-5-15(2)6-10-18)14-17(23(28)29)13-16-7-11-19(12-8-16)26(30)31/h5-13,20H,3-4,14H2,1-2H3,(H,28,29)/b17-13-. The lowest BCUT2D eigenvalue weighted by Gasteiger charge is -2.15. The molecule has 0 bridgehead atoms. The van der Waals surface area contributed by atoms with Crippen LogP contribution in [0.1, 0.15) is 37.3 Å². The Morgan fingerprint density at radius 1 is 1.19 bits per heavy atom. The normalized spacial score (nSPS) is 16.4. The molecule has 0 spiro atoms. The Morgan fingerprint density at radius 3 is 2.39 bits per heavy atom. The first-order chi connectivity index (χ1) is 14.8. The van der Waals surface area contributed by atoms with Crippen LogP contribution in [0.4, 0.5) is 11.4 Å². The number of aryl methyl sites for hydroxylation is 1. The lowest BCUT2D eigenvalue weighted by molar-refractivity contribution is -0.384. The first-order valence-corrected chi connectivity index (χ1v) is 9.96. The summed E-state index contributed by atoms with van der Waals surface area (Å²) >= 11 is 0. The van der Waals surface area contributed by atoms with Crippen LogP contribution in [0.2, 0.25) is 0 Å². The van der Waals surface area contributed by atoms with Gasteiger partial charge in [0.1, 0.15) is 0 Å². The molecule has 0 saturated heterocycles. The number of anilines is 1. The summed E-state index contributed by atoms with van der Waals surface area (Å²) in [6.45, 7) is 3.93. The Hall–Kier alpha value is -3.81. The van der Waals surface area contributed by atoms with Crippen LogP contribution in [0.15, 0.2) is 59.2 Å². The lowest BCUT2D eigenvalue weighted by Crippen LogP contribution is -2.28. The predicted molar refractivity (Wildman–Crippen MR) is 118 cm³/mol. The third-order valence-electron chi connectivity index (χ3n) is 5.07. The number of carboxylic acid groups (broad SMARTS) is 1. The molecule has 1 N–H and O–H groups in total. The molecule has 8 nitrogen and oxygen atoms in total. The summed E-state index contributed by atoms with van der Waals surface area (Å²) in [5, 5.41) is 26.4. The molecule has 31 heavy (non-hydrogen) atoms. The van der Waals surface area contributed by atoms with Crippen molar-refractivity contribution in [3.05, 3.63) is 75.3 Å². The fraction of sp³-hybridized carbons (Fsp3) is 0.261. The van der Waals surface area contributed by atoms with E-state index < -0.39 is 16.8 Å². The molecule has 2 aromatic rings. The van der Waals surface area contributed by atoms with Gasteiger partial charge >= 0.3 is 5.97 Å². The van der Waals surface area contributed by atoms with Crippen molar-refractivity contribution in [3.8, 4) is 0 Å². The third-order valence-corrected chi connectivity index (χ3v) is 5.07. The number of amides is 1. The number of aliphatic carboxylic acids is 1. The van der Waals surface area contributed by atoms with E-state index in [-0.39, 0.29) is 23.6 Å². The Morgan fingerprint density at radius 2 is 1.84 bits per heavy atom. The van der Waals surface area contributed by atoms with Gasteiger partial charge in [-0.2, -0.15) is 5.10 Å². The van der Waals surface area contributed by atoms with Crippen molar-refractivity contribution in [3.63, 3.8) is 0 Å². The molecule has 1 aliphatic rings. The second-order valence-electron chi connectivity index (χ2n) is 7.41. The van der Waals surface area contributed by atoms with Crippen molar-refractivity contribution in [1.82, 2.24) is 0 Å². The maximum Gasteiger partial charge on any atom is 0.331 e. The number of benzene rings is 2. The maximum atomic E-state index is 13.1. The van der Waals surface area contributed by atoms with Gasteiger partial charge in [-0.1, -0.05) is 31.0 Å². The zero-order valence-corrected chi connectivity index (χ0v) is 17.3. The highest BCUT2D eigenvalue weighted by atomic mass is 16.6. The third kappa shape index (κ3) is 5.03. The van der Waals surface area contributed by atoms with Gasteiger partial charge in [0.2, 0.25) is 0 Å². The van der Waals surface area contributed by atoms with Gasteiger partial charge in [0.15, 0.2) is 0 Å². The zero-order chi connectivity index (χ0) is 22.5. The van der Waals surface area contributed by atoms with E-state index >= 15 is 0 Å². The Labute approximate surface area is 179 Å². The van der Waals surface area contributed by atoms with Crippen molar-refractivity contribution >= 4 is 35.0 Å². The molecule has 0 fully saturated rings. The van der Waals surface area contributed by atoms with E-state index in [0.717, 1.165) is 12.0 Å². The number of carbonyl (C=O) groups excluding carboxylic acids is 1. The molecule has 0 aliphatic carbocycles. The SMILES string of the molecule is CCCC1=NN(c2ccc(C)cc2)C(=O)C1C/C(=C/c1ccc([N+](=O)[O-])cc1)C(=O)O. The highest BCUT2D eigenvalue weighted by molar-refractivity contribution is 6.16. The molecular formula is C23H23N3O5. The van der Waals surface area contributed by atoms with Gasteiger partial charge in [-0.25, -0.2) is 9.80 Å². The number of nitrogens with zero attached hydrogens (tertiary/aromatic N) is 3. The van der Waals surface area contributed by atoms with Gasteiger partial charge in [-0.15, -0.1) is 0 Å². The van der Waals surface area contributed by atoms with Crippen molar-refractivity contribution in [2.24, 2.45) is 11.0 Å². The van der Waals surface area contributed by atoms with Crippen molar-refractivity contribution in [2.75, 3.05) is 5.01 Å². The summed E-state index contributed by atoms with van der Waals surface area (Å²) in [5.41, 5.74) is 2.83. The lowest BCUT2D eigenvalue weighted by atomic mass is 9.91. The molecule has 8 heteroatoms. The summed E-state index contributed by atoms with van der Waals surface area (Å²) in [6, 6.07) is 13.0. The monoisotopic (exact) mass is 421 g/mol. The summed E-state index contributed by atoms with van der Waals surface area (Å²) in [5.74, 6) is -2.07. The number of hydrogen-bond acceptors (Lipinski definition) is 5. The second-order valence-corrected chi connectivity index (χ2v) is 7.41. The summed E-state index contributed by atoms with van der Waals surface area (Å²) < 4.78 is 0. The minimum Gasteiger partial charge on any atom is -0.478 e. The number of nitro benzene ring substituents is 1. The van der Waals surface area contributed by atoms with Gasteiger partial charge in [0.05, 0.1) is 22.2 Å². The number of hydrazone groups is 1. The van der Waals surface area contributed by atoms with E-state index in [9.17, 15) is 24.8 Å². The molecule has 3 rings (SSSR count). The minimum atomic E-state index is -1.14. The van der Waals surface area contributed by atoms with Crippen molar-refractivity contribution in [1.29, 1.82) is 0 Å². The Balaban J connectivity index is 1.88. The highest BCUT2D eigenvalue weighted by Gasteiger charge is 2.37. The average molecular weight is 421 g/mol. The van der Waals surface area contributed by atoms with Gasteiger partial charge in [-0.3, -0.25) is 14.9 Å². The Bertz CT molecular complexity index is 1060. The van der Waals surface area contributed by atoms with E-state index in [1.165, 1.54) is 35.4 Å². The van der Waals surface area contributed by atoms with Crippen LogP contribution in [0, 0.1) is 23.0 Å². The van der Waals surface area contributed by atoms with Crippen LogP contribution in [0.3, 0.4) is 0 Å². The summed E-state index contributed by atoms with van der Waals surface area (Å²) in [4.78, 5) is 35.3. The molecule has 0 aromatic heterocycles. The van der Waals surface area contributed by atoms with Crippen LogP contribution in [-0.4, -0.2) is 27.6 Å². The molecule has 1 heterocycles.